The van der Waals surface area contributed by atoms with Crippen molar-refractivity contribution >= 4 is 15.7 Å². The number of carbonyl (C=O) groups excluding carboxylic acids is 1. The van der Waals surface area contributed by atoms with Crippen LogP contribution in [-0.2, 0) is 14.6 Å². The van der Waals surface area contributed by atoms with Crippen molar-refractivity contribution < 1.29 is 13.2 Å². The molecule has 128 valence electrons. The second kappa shape index (κ2) is 7.95. The molecule has 2 atom stereocenters. The van der Waals surface area contributed by atoms with Crippen molar-refractivity contribution in [2.45, 2.75) is 38.5 Å². The summed E-state index contributed by atoms with van der Waals surface area (Å²) < 4.78 is 22.3. The topological polar surface area (TPSA) is 54.5 Å². The molecule has 0 bridgehead atoms. The largest absolute Gasteiger partial charge is 0.342 e. The molecule has 1 aliphatic rings. The third-order valence-electron chi connectivity index (χ3n) is 4.74. The van der Waals surface area contributed by atoms with E-state index in [2.05, 4.69) is 31.2 Å². The molecule has 1 saturated heterocycles. The van der Waals surface area contributed by atoms with E-state index in [9.17, 15) is 13.2 Å². The van der Waals surface area contributed by atoms with E-state index >= 15 is 0 Å². The fraction of sp³-hybridized carbons (Fsp3) is 0.611. The third kappa shape index (κ3) is 5.34. The highest BCUT2D eigenvalue weighted by Crippen LogP contribution is 2.35. The lowest BCUT2D eigenvalue weighted by molar-refractivity contribution is -0.133. The molecule has 0 spiro atoms. The Labute approximate surface area is 139 Å². The number of nitrogens with zero attached hydrogens (tertiary/aromatic N) is 1. The molecule has 0 radical (unpaired) electrons. The van der Waals surface area contributed by atoms with Gasteiger partial charge in [0.2, 0.25) is 5.91 Å². The average Bonchev–Trinajstić information content (AvgIpc) is 2.53. The van der Waals surface area contributed by atoms with Crippen LogP contribution in [0.1, 0.15) is 44.1 Å². The van der Waals surface area contributed by atoms with E-state index in [0.29, 0.717) is 24.7 Å². The molecule has 0 saturated carbocycles. The van der Waals surface area contributed by atoms with Crippen LogP contribution in [0.25, 0.3) is 0 Å². The standard InChI is InChI=1S/C18H27NO3S/c1-3-15-14-19(18(20)10-7-13-23(2,21)22)12-11-17(15)16-8-5-4-6-9-16/h4-6,8-9,15,17H,3,7,10-14H2,1-2H3. The molecule has 1 heterocycles. The molecule has 0 aromatic heterocycles. The van der Waals surface area contributed by atoms with Crippen LogP contribution in [0.15, 0.2) is 30.3 Å². The Hall–Kier alpha value is -1.36. The van der Waals surface area contributed by atoms with Crippen LogP contribution in [-0.4, -0.2) is 44.3 Å². The number of rotatable bonds is 6. The molecular weight excluding hydrogens is 310 g/mol. The summed E-state index contributed by atoms with van der Waals surface area (Å²) >= 11 is 0. The van der Waals surface area contributed by atoms with Gasteiger partial charge < -0.3 is 4.90 Å². The molecule has 0 aliphatic carbocycles. The van der Waals surface area contributed by atoms with Crippen molar-refractivity contribution in [1.29, 1.82) is 0 Å². The molecule has 23 heavy (non-hydrogen) atoms. The van der Waals surface area contributed by atoms with Gasteiger partial charge in [-0.1, -0.05) is 43.7 Å². The van der Waals surface area contributed by atoms with Gasteiger partial charge in [-0.3, -0.25) is 4.79 Å². The van der Waals surface area contributed by atoms with Crippen LogP contribution in [0.2, 0.25) is 0 Å². The highest BCUT2D eigenvalue weighted by Gasteiger charge is 2.30. The van der Waals surface area contributed by atoms with Crippen molar-refractivity contribution in [1.82, 2.24) is 4.90 Å². The monoisotopic (exact) mass is 337 g/mol. The zero-order valence-electron chi connectivity index (χ0n) is 14.1. The molecule has 1 aromatic carbocycles. The van der Waals surface area contributed by atoms with Gasteiger partial charge >= 0.3 is 0 Å². The van der Waals surface area contributed by atoms with Crippen molar-refractivity contribution in [2.75, 3.05) is 25.1 Å². The van der Waals surface area contributed by atoms with Crippen LogP contribution >= 0.6 is 0 Å². The zero-order chi connectivity index (χ0) is 16.9. The van der Waals surface area contributed by atoms with Crippen LogP contribution < -0.4 is 0 Å². The van der Waals surface area contributed by atoms with E-state index < -0.39 is 9.84 Å². The lowest BCUT2D eigenvalue weighted by Gasteiger charge is -2.38. The Morgan fingerprint density at radius 1 is 1.26 bits per heavy atom. The predicted molar refractivity (Wildman–Crippen MR) is 93.1 cm³/mol. The molecule has 2 rings (SSSR count). The fourth-order valence-corrected chi connectivity index (χ4v) is 4.12. The van der Waals surface area contributed by atoms with E-state index in [-0.39, 0.29) is 11.7 Å². The van der Waals surface area contributed by atoms with Gasteiger partial charge in [0.1, 0.15) is 9.84 Å². The van der Waals surface area contributed by atoms with Gasteiger partial charge in [0.25, 0.3) is 0 Å². The summed E-state index contributed by atoms with van der Waals surface area (Å²) in [6, 6.07) is 10.5. The van der Waals surface area contributed by atoms with E-state index in [1.54, 1.807) is 0 Å². The maximum Gasteiger partial charge on any atom is 0.222 e. The minimum atomic E-state index is -2.98. The van der Waals surface area contributed by atoms with Gasteiger partial charge in [-0.15, -0.1) is 0 Å². The van der Waals surface area contributed by atoms with Crippen LogP contribution in [0.4, 0.5) is 0 Å². The molecular formula is C18H27NO3S. The number of hydrogen-bond acceptors (Lipinski definition) is 3. The number of benzene rings is 1. The van der Waals surface area contributed by atoms with E-state index in [1.165, 1.54) is 11.8 Å². The highest BCUT2D eigenvalue weighted by atomic mass is 32.2. The van der Waals surface area contributed by atoms with Crippen molar-refractivity contribution in [3.05, 3.63) is 35.9 Å². The minimum absolute atomic E-state index is 0.0937. The average molecular weight is 337 g/mol. The predicted octanol–water partition coefficient (Wildman–Crippen LogP) is 2.85. The second-order valence-corrected chi connectivity index (χ2v) is 8.81. The minimum Gasteiger partial charge on any atom is -0.342 e. The summed E-state index contributed by atoms with van der Waals surface area (Å²) in [5.41, 5.74) is 1.36. The van der Waals surface area contributed by atoms with E-state index in [1.807, 2.05) is 11.0 Å². The quantitative estimate of drug-likeness (QED) is 0.802. The van der Waals surface area contributed by atoms with Crippen LogP contribution in [0, 0.1) is 5.92 Å². The lowest BCUT2D eigenvalue weighted by Crippen LogP contribution is -2.42. The Balaban J connectivity index is 1.92. The first-order chi connectivity index (χ1) is 10.9. The SMILES string of the molecule is CCC1CN(C(=O)CCCS(C)(=O)=O)CCC1c1ccccc1. The third-order valence-corrected chi connectivity index (χ3v) is 5.77. The first-order valence-corrected chi connectivity index (χ1v) is 10.5. The van der Waals surface area contributed by atoms with Gasteiger partial charge in [0, 0.05) is 25.8 Å². The molecule has 2 unspecified atom stereocenters. The van der Waals surface area contributed by atoms with Crippen molar-refractivity contribution in [2.24, 2.45) is 5.92 Å². The number of piperidine rings is 1. The zero-order valence-corrected chi connectivity index (χ0v) is 14.9. The van der Waals surface area contributed by atoms with E-state index in [0.717, 1.165) is 25.9 Å². The summed E-state index contributed by atoms with van der Waals surface area (Å²) in [6.45, 7) is 3.74. The second-order valence-electron chi connectivity index (χ2n) is 6.55. The summed E-state index contributed by atoms with van der Waals surface area (Å²) in [6.07, 6.45) is 4.01. The summed E-state index contributed by atoms with van der Waals surface area (Å²) in [4.78, 5) is 14.2. The van der Waals surface area contributed by atoms with Gasteiger partial charge in [0.15, 0.2) is 0 Å². The molecule has 0 N–H and O–H groups in total. The first-order valence-electron chi connectivity index (χ1n) is 8.41. The smallest absolute Gasteiger partial charge is 0.222 e. The van der Waals surface area contributed by atoms with Gasteiger partial charge in [-0.25, -0.2) is 8.42 Å². The van der Waals surface area contributed by atoms with Gasteiger partial charge in [-0.05, 0) is 30.2 Å². The number of likely N-dealkylation sites (tertiary alicyclic amines) is 1. The molecule has 1 aliphatic heterocycles. The van der Waals surface area contributed by atoms with Gasteiger partial charge in [-0.2, -0.15) is 0 Å². The summed E-state index contributed by atoms with van der Waals surface area (Å²) in [5.74, 6) is 1.18. The summed E-state index contributed by atoms with van der Waals surface area (Å²) in [5, 5.41) is 0. The maximum absolute atomic E-state index is 12.3. The fourth-order valence-electron chi connectivity index (χ4n) is 3.46. The number of amides is 1. The molecule has 1 fully saturated rings. The van der Waals surface area contributed by atoms with Crippen LogP contribution in [0.3, 0.4) is 0 Å². The Morgan fingerprint density at radius 3 is 2.57 bits per heavy atom. The molecule has 1 aromatic rings. The van der Waals surface area contributed by atoms with Crippen molar-refractivity contribution in [3.8, 4) is 0 Å². The van der Waals surface area contributed by atoms with E-state index in [4.69, 9.17) is 0 Å². The Morgan fingerprint density at radius 2 is 1.96 bits per heavy atom. The van der Waals surface area contributed by atoms with Crippen molar-refractivity contribution in [3.63, 3.8) is 0 Å². The molecule has 4 nitrogen and oxygen atoms in total. The lowest BCUT2D eigenvalue weighted by atomic mass is 9.79. The maximum atomic E-state index is 12.3. The first kappa shape index (κ1) is 18.0. The number of hydrogen-bond donors (Lipinski definition) is 0. The van der Waals surface area contributed by atoms with Gasteiger partial charge in [0.05, 0.1) is 5.75 Å². The normalized spacial score (nSPS) is 22.1. The summed E-state index contributed by atoms with van der Waals surface area (Å²) in [7, 11) is -2.98. The highest BCUT2D eigenvalue weighted by molar-refractivity contribution is 7.90. The number of sulfone groups is 1. The Kier molecular flexibility index (Phi) is 6.22. The molecule has 5 heteroatoms. The number of carbonyl (C=O) groups is 1. The Bertz CT molecular complexity index is 612. The molecule has 1 amide bonds. The van der Waals surface area contributed by atoms with Crippen LogP contribution in [0.5, 0.6) is 0 Å².